The first kappa shape index (κ1) is 23.2. The Kier molecular flexibility index (Phi) is 6.95. The number of fused-ring (bicyclic) bond motifs is 1. The normalized spacial score (nSPS) is 16.6. The molecule has 0 unspecified atom stereocenters. The van der Waals surface area contributed by atoms with Gasteiger partial charge in [0.1, 0.15) is 5.65 Å². The number of pyridine rings is 1. The number of hydrogen-bond acceptors (Lipinski definition) is 7. The molecule has 9 heteroatoms. The van der Waals surface area contributed by atoms with Crippen LogP contribution in [0.5, 0.6) is 0 Å². The zero-order valence-corrected chi connectivity index (χ0v) is 19.5. The zero-order valence-electron chi connectivity index (χ0n) is 18.7. The van der Waals surface area contributed by atoms with Crippen LogP contribution < -0.4 is 21.1 Å². The molecule has 0 amide bonds. The number of piperazine rings is 1. The van der Waals surface area contributed by atoms with Crippen LogP contribution in [0.4, 0.5) is 17.3 Å². The predicted octanol–water partition coefficient (Wildman–Crippen LogP) is 3.68. The average Bonchev–Trinajstić information content (AvgIpc) is 3.34. The van der Waals surface area contributed by atoms with Crippen molar-refractivity contribution in [3.63, 3.8) is 0 Å². The standard InChI is InChI=1S/C24H28N6O2.ClH/c1-16(31)21-14-17-15-26-24(28-22(17)30(23(21)32)20-4-2-3-5-20)27-18-6-8-19(9-7-18)29-12-10-25-11-13-29;/h6-9,14-15,20,25H,2-5,10-13H2,1H3,(H,26,27,28);1H. The van der Waals surface area contributed by atoms with E-state index in [1.165, 1.54) is 12.6 Å². The Morgan fingerprint density at radius 1 is 1.12 bits per heavy atom. The van der Waals surface area contributed by atoms with Crippen molar-refractivity contribution in [1.29, 1.82) is 0 Å². The number of carbonyl (C=O) groups excluding carboxylic acids is 1. The van der Waals surface area contributed by atoms with Gasteiger partial charge in [0.2, 0.25) is 5.95 Å². The Hall–Kier alpha value is -2.97. The van der Waals surface area contributed by atoms with Gasteiger partial charge < -0.3 is 15.5 Å². The summed E-state index contributed by atoms with van der Waals surface area (Å²) in [7, 11) is 0. The summed E-state index contributed by atoms with van der Waals surface area (Å²) in [6.07, 6.45) is 5.71. The number of hydrogen-bond donors (Lipinski definition) is 2. The molecule has 1 aliphatic heterocycles. The van der Waals surface area contributed by atoms with E-state index in [1.807, 2.05) is 12.1 Å². The van der Waals surface area contributed by atoms with Crippen molar-refractivity contribution >= 4 is 46.5 Å². The van der Waals surface area contributed by atoms with Crippen molar-refractivity contribution in [2.24, 2.45) is 0 Å². The molecule has 0 spiro atoms. The van der Waals surface area contributed by atoms with Gasteiger partial charge >= 0.3 is 0 Å². The van der Waals surface area contributed by atoms with Crippen LogP contribution in [0.2, 0.25) is 0 Å². The fourth-order valence-electron chi connectivity index (χ4n) is 4.74. The Labute approximate surface area is 198 Å². The van der Waals surface area contributed by atoms with Gasteiger partial charge in [0, 0.05) is 55.2 Å². The number of nitrogens with one attached hydrogen (secondary N) is 2. The fourth-order valence-corrected chi connectivity index (χ4v) is 4.74. The highest BCUT2D eigenvalue weighted by molar-refractivity contribution is 5.96. The van der Waals surface area contributed by atoms with Crippen molar-refractivity contribution in [3.05, 3.63) is 52.4 Å². The first-order valence-electron chi connectivity index (χ1n) is 11.4. The molecule has 1 aliphatic carbocycles. The lowest BCUT2D eigenvalue weighted by Crippen LogP contribution is -2.43. The molecule has 8 nitrogen and oxygen atoms in total. The molecule has 2 aromatic heterocycles. The first-order valence-corrected chi connectivity index (χ1v) is 11.4. The first-order chi connectivity index (χ1) is 15.6. The summed E-state index contributed by atoms with van der Waals surface area (Å²) in [5, 5.41) is 7.34. The molecule has 2 aliphatic rings. The lowest BCUT2D eigenvalue weighted by atomic mass is 10.1. The Morgan fingerprint density at radius 3 is 2.48 bits per heavy atom. The molecule has 1 saturated heterocycles. The van der Waals surface area contributed by atoms with Gasteiger partial charge in [-0.25, -0.2) is 4.98 Å². The quantitative estimate of drug-likeness (QED) is 0.552. The monoisotopic (exact) mass is 468 g/mol. The van der Waals surface area contributed by atoms with Gasteiger partial charge in [-0.3, -0.25) is 14.2 Å². The zero-order chi connectivity index (χ0) is 22.1. The Balaban J connectivity index is 0.00000259. The summed E-state index contributed by atoms with van der Waals surface area (Å²) in [4.78, 5) is 36.7. The molecule has 1 aromatic carbocycles. The predicted molar refractivity (Wildman–Crippen MR) is 133 cm³/mol. The van der Waals surface area contributed by atoms with Gasteiger partial charge in [0.05, 0.1) is 5.56 Å². The van der Waals surface area contributed by atoms with E-state index in [-0.39, 0.29) is 35.4 Å². The van der Waals surface area contributed by atoms with Gasteiger partial charge in [-0.05, 0) is 50.1 Å². The Bertz CT molecular complexity index is 1200. The van der Waals surface area contributed by atoms with Gasteiger partial charge in [-0.2, -0.15) is 4.98 Å². The van der Waals surface area contributed by atoms with Crippen LogP contribution in [0.3, 0.4) is 0 Å². The highest BCUT2D eigenvalue weighted by Gasteiger charge is 2.23. The van der Waals surface area contributed by atoms with Gasteiger partial charge in [0.25, 0.3) is 5.56 Å². The molecule has 2 N–H and O–H groups in total. The molecular formula is C24H29ClN6O2. The summed E-state index contributed by atoms with van der Waals surface area (Å²) in [6, 6.07) is 9.94. The van der Waals surface area contributed by atoms with E-state index in [0.717, 1.165) is 57.5 Å². The van der Waals surface area contributed by atoms with Crippen LogP contribution in [0.1, 0.15) is 49.0 Å². The molecule has 0 radical (unpaired) electrons. The second-order valence-corrected chi connectivity index (χ2v) is 8.61. The van der Waals surface area contributed by atoms with Crippen LogP contribution in [0, 0.1) is 0 Å². The molecule has 3 heterocycles. The second kappa shape index (κ2) is 9.89. The third-order valence-electron chi connectivity index (χ3n) is 6.45. The molecule has 2 fully saturated rings. The number of anilines is 3. The van der Waals surface area contributed by atoms with E-state index in [9.17, 15) is 9.59 Å². The third kappa shape index (κ3) is 4.72. The van der Waals surface area contributed by atoms with E-state index in [4.69, 9.17) is 4.98 Å². The molecule has 33 heavy (non-hydrogen) atoms. The van der Waals surface area contributed by atoms with Crippen LogP contribution >= 0.6 is 12.4 Å². The Morgan fingerprint density at radius 2 is 1.82 bits per heavy atom. The SMILES string of the molecule is CC(=O)c1cc2cnc(Nc3ccc(N4CCNCC4)cc3)nc2n(C2CCCC2)c1=O.Cl. The van der Waals surface area contributed by atoms with Gasteiger partial charge in [0.15, 0.2) is 5.78 Å². The van der Waals surface area contributed by atoms with Crippen molar-refractivity contribution < 1.29 is 4.79 Å². The highest BCUT2D eigenvalue weighted by Crippen LogP contribution is 2.31. The maximum absolute atomic E-state index is 13.1. The van der Waals surface area contributed by atoms with Gasteiger partial charge in [-0.1, -0.05) is 12.8 Å². The number of ketones is 1. The maximum atomic E-state index is 13.1. The molecule has 0 atom stereocenters. The molecule has 174 valence electrons. The topological polar surface area (TPSA) is 92.2 Å². The number of benzene rings is 1. The number of rotatable bonds is 5. The van der Waals surface area contributed by atoms with Crippen molar-refractivity contribution in [3.8, 4) is 0 Å². The summed E-state index contributed by atoms with van der Waals surface area (Å²) in [5.41, 5.74) is 2.63. The lowest BCUT2D eigenvalue weighted by Gasteiger charge is -2.29. The van der Waals surface area contributed by atoms with Crippen LogP contribution in [-0.4, -0.2) is 46.5 Å². The smallest absolute Gasteiger partial charge is 0.263 e. The van der Waals surface area contributed by atoms with Crippen LogP contribution in [0.15, 0.2) is 41.3 Å². The fraction of sp³-hybridized carbons (Fsp3) is 0.417. The van der Waals surface area contributed by atoms with E-state index in [2.05, 4.69) is 32.7 Å². The lowest BCUT2D eigenvalue weighted by molar-refractivity contribution is 0.101. The summed E-state index contributed by atoms with van der Waals surface area (Å²) in [5.74, 6) is 0.213. The van der Waals surface area contributed by atoms with Crippen LogP contribution in [0.25, 0.3) is 11.0 Å². The highest BCUT2D eigenvalue weighted by atomic mass is 35.5. The molecule has 5 rings (SSSR count). The van der Waals surface area contributed by atoms with Crippen LogP contribution in [-0.2, 0) is 0 Å². The van der Waals surface area contributed by atoms with E-state index >= 15 is 0 Å². The third-order valence-corrected chi connectivity index (χ3v) is 6.45. The second-order valence-electron chi connectivity index (χ2n) is 8.61. The van der Waals surface area contributed by atoms with Gasteiger partial charge in [-0.15, -0.1) is 12.4 Å². The van der Waals surface area contributed by atoms with E-state index < -0.39 is 0 Å². The average molecular weight is 469 g/mol. The minimum atomic E-state index is -0.248. The van der Waals surface area contributed by atoms with E-state index in [0.29, 0.717) is 17.0 Å². The molecule has 0 bridgehead atoms. The largest absolute Gasteiger partial charge is 0.369 e. The number of halogens is 1. The molecule has 1 saturated carbocycles. The molecular weight excluding hydrogens is 440 g/mol. The van der Waals surface area contributed by atoms with Crippen molar-refractivity contribution in [1.82, 2.24) is 19.9 Å². The summed E-state index contributed by atoms with van der Waals surface area (Å²) < 4.78 is 1.72. The molecule has 3 aromatic rings. The summed E-state index contributed by atoms with van der Waals surface area (Å²) in [6.45, 7) is 5.43. The maximum Gasteiger partial charge on any atom is 0.263 e. The number of nitrogens with zero attached hydrogens (tertiary/aromatic N) is 4. The van der Waals surface area contributed by atoms with Crippen molar-refractivity contribution in [2.75, 3.05) is 36.4 Å². The number of Topliss-reactive ketones (excluding diaryl/α,β-unsaturated/α-hetero) is 1. The number of aromatic nitrogens is 3. The minimum absolute atomic E-state index is 0. The number of carbonyl (C=O) groups is 1. The van der Waals surface area contributed by atoms with E-state index in [1.54, 1.807) is 16.8 Å². The summed E-state index contributed by atoms with van der Waals surface area (Å²) >= 11 is 0. The minimum Gasteiger partial charge on any atom is -0.369 e. The van der Waals surface area contributed by atoms with Crippen molar-refractivity contribution in [2.45, 2.75) is 38.6 Å².